The smallest absolute Gasteiger partial charge is 0.157 e. The molecule has 0 N–H and O–H groups in total. The summed E-state index contributed by atoms with van der Waals surface area (Å²) in [6, 6.07) is 8.37. The van der Waals surface area contributed by atoms with E-state index in [0.29, 0.717) is 6.54 Å². The standard InChI is InChI=1S/C18H18N6/c1-11(2)24-17-8-13(4-5-15(17)22-23-24)16-10-20-18(21-16)14-9-19-7-6-12(14)3/h4-9,11H,10H2,1-3H3. The molecule has 3 heterocycles. The van der Waals surface area contributed by atoms with Crippen LogP contribution in [-0.2, 0) is 0 Å². The van der Waals surface area contributed by atoms with Crippen molar-refractivity contribution in [2.24, 2.45) is 9.98 Å². The van der Waals surface area contributed by atoms with Crippen LogP contribution in [0.5, 0.6) is 0 Å². The predicted molar refractivity (Wildman–Crippen MR) is 94.8 cm³/mol. The molecule has 6 heteroatoms. The molecule has 6 nitrogen and oxygen atoms in total. The van der Waals surface area contributed by atoms with E-state index in [0.717, 1.165) is 39.3 Å². The van der Waals surface area contributed by atoms with Gasteiger partial charge in [-0.05, 0) is 44.5 Å². The maximum absolute atomic E-state index is 4.73. The van der Waals surface area contributed by atoms with Crippen molar-refractivity contribution < 1.29 is 0 Å². The monoisotopic (exact) mass is 318 g/mol. The van der Waals surface area contributed by atoms with E-state index in [1.807, 2.05) is 36.0 Å². The van der Waals surface area contributed by atoms with E-state index in [-0.39, 0.29) is 6.04 Å². The first-order valence-corrected chi connectivity index (χ1v) is 8.02. The zero-order valence-corrected chi connectivity index (χ0v) is 13.9. The van der Waals surface area contributed by atoms with E-state index in [1.54, 1.807) is 6.20 Å². The van der Waals surface area contributed by atoms with Gasteiger partial charge >= 0.3 is 0 Å². The Bertz CT molecular complexity index is 980. The highest BCUT2D eigenvalue weighted by molar-refractivity contribution is 6.18. The number of aliphatic imine (C=N–C) groups is 2. The Kier molecular flexibility index (Phi) is 3.45. The van der Waals surface area contributed by atoms with Gasteiger partial charge in [0.1, 0.15) is 5.52 Å². The largest absolute Gasteiger partial charge is 0.264 e. The van der Waals surface area contributed by atoms with Crippen LogP contribution in [0.1, 0.15) is 36.6 Å². The number of aryl methyl sites for hydroxylation is 1. The molecule has 4 rings (SSSR count). The highest BCUT2D eigenvalue weighted by Crippen LogP contribution is 2.20. The highest BCUT2D eigenvalue weighted by atomic mass is 15.4. The summed E-state index contributed by atoms with van der Waals surface area (Å²) in [4.78, 5) is 13.5. The van der Waals surface area contributed by atoms with Gasteiger partial charge < -0.3 is 0 Å². The van der Waals surface area contributed by atoms with Crippen LogP contribution in [0.3, 0.4) is 0 Å². The quantitative estimate of drug-likeness (QED) is 0.745. The lowest BCUT2D eigenvalue weighted by Gasteiger charge is -2.06. The molecule has 0 saturated carbocycles. The average molecular weight is 318 g/mol. The molecule has 0 atom stereocenters. The SMILES string of the molecule is Cc1ccncc1C1=NCC(c2ccc3nnn(C(C)C)c3c2)=N1. The predicted octanol–water partition coefficient (Wildman–Crippen LogP) is 2.97. The molecule has 1 aliphatic heterocycles. The lowest BCUT2D eigenvalue weighted by Crippen LogP contribution is -2.05. The van der Waals surface area contributed by atoms with Gasteiger partial charge in [-0.1, -0.05) is 11.3 Å². The highest BCUT2D eigenvalue weighted by Gasteiger charge is 2.17. The zero-order chi connectivity index (χ0) is 16.7. The van der Waals surface area contributed by atoms with E-state index in [4.69, 9.17) is 4.99 Å². The molecule has 0 aliphatic carbocycles. The van der Waals surface area contributed by atoms with Crippen LogP contribution in [0.15, 0.2) is 46.6 Å². The molecule has 0 bridgehead atoms. The first-order chi connectivity index (χ1) is 11.6. The Balaban J connectivity index is 1.73. The third-order valence-corrected chi connectivity index (χ3v) is 4.19. The molecule has 0 unspecified atom stereocenters. The van der Waals surface area contributed by atoms with Crippen molar-refractivity contribution in [2.75, 3.05) is 6.54 Å². The van der Waals surface area contributed by atoms with Gasteiger partial charge in [0.15, 0.2) is 5.84 Å². The van der Waals surface area contributed by atoms with E-state index in [2.05, 4.69) is 40.2 Å². The zero-order valence-electron chi connectivity index (χ0n) is 13.9. The summed E-state index contributed by atoms with van der Waals surface area (Å²) in [5.41, 5.74) is 6.07. The fourth-order valence-electron chi connectivity index (χ4n) is 2.84. The lowest BCUT2D eigenvalue weighted by molar-refractivity contribution is 0.530. The fourth-order valence-corrected chi connectivity index (χ4v) is 2.84. The number of hydrogen-bond donors (Lipinski definition) is 0. The second-order valence-electron chi connectivity index (χ2n) is 6.22. The van der Waals surface area contributed by atoms with Gasteiger partial charge in [-0.2, -0.15) is 0 Å². The molecular weight excluding hydrogens is 300 g/mol. The molecule has 0 amide bonds. The molecule has 0 fully saturated rings. The summed E-state index contributed by atoms with van der Waals surface area (Å²) in [6.07, 6.45) is 3.61. The van der Waals surface area contributed by atoms with Gasteiger partial charge in [-0.15, -0.1) is 5.10 Å². The van der Waals surface area contributed by atoms with Gasteiger partial charge in [0.2, 0.25) is 0 Å². The number of hydrogen-bond acceptors (Lipinski definition) is 5. The molecule has 120 valence electrons. The summed E-state index contributed by atoms with van der Waals surface area (Å²) in [7, 11) is 0. The van der Waals surface area contributed by atoms with Crippen LogP contribution in [0.4, 0.5) is 0 Å². The topological polar surface area (TPSA) is 68.3 Å². The maximum Gasteiger partial charge on any atom is 0.157 e. The Morgan fingerprint density at radius 3 is 2.83 bits per heavy atom. The van der Waals surface area contributed by atoms with Crippen LogP contribution < -0.4 is 0 Å². The van der Waals surface area contributed by atoms with Crippen LogP contribution in [0.2, 0.25) is 0 Å². The van der Waals surface area contributed by atoms with Gasteiger partial charge in [0.25, 0.3) is 0 Å². The van der Waals surface area contributed by atoms with Crippen LogP contribution in [-0.4, -0.2) is 38.1 Å². The van der Waals surface area contributed by atoms with Crippen molar-refractivity contribution in [3.63, 3.8) is 0 Å². The summed E-state index contributed by atoms with van der Waals surface area (Å²) < 4.78 is 1.93. The summed E-state index contributed by atoms with van der Waals surface area (Å²) >= 11 is 0. The van der Waals surface area contributed by atoms with Gasteiger partial charge in [-0.3, -0.25) is 9.98 Å². The third-order valence-electron chi connectivity index (χ3n) is 4.19. The Hall–Kier alpha value is -2.89. The Labute approximate surface area is 140 Å². The van der Waals surface area contributed by atoms with Crippen molar-refractivity contribution in [1.29, 1.82) is 0 Å². The number of rotatable bonds is 3. The van der Waals surface area contributed by atoms with E-state index >= 15 is 0 Å². The fraction of sp³-hybridized carbons (Fsp3) is 0.278. The normalized spacial score (nSPS) is 14.3. The number of nitrogens with zero attached hydrogens (tertiary/aromatic N) is 6. The Morgan fingerprint density at radius 1 is 1.17 bits per heavy atom. The first-order valence-electron chi connectivity index (χ1n) is 8.02. The van der Waals surface area contributed by atoms with Crippen LogP contribution in [0, 0.1) is 6.92 Å². The minimum absolute atomic E-state index is 0.264. The molecule has 24 heavy (non-hydrogen) atoms. The minimum Gasteiger partial charge on any atom is -0.264 e. The number of benzene rings is 1. The molecule has 0 saturated heterocycles. The molecule has 3 aromatic rings. The van der Waals surface area contributed by atoms with Gasteiger partial charge in [0.05, 0.1) is 17.8 Å². The average Bonchev–Trinajstić information content (AvgIpc) is 3.21. The number of amidine groups is 1. The van der Waals surface area contributed by atoms with E-state index in [1.165, 1.54) is 0 Å². The molecule has 2 aromatic heterocycles. The van der Waals surface area contributed by atoms with Gasteiger partial charge in [0, 0.05) is 29.6 Å². The van der Waals surface area contributed by atoms with Crippen molar-refractivity contribution in [3.8, 4) is 0 Å². The number of aromatic nitrogens is 4. The molecular formula is C18H18N6. The molecule has 1 aliphatic rings. The van der Waals surface area contributed by atoms with Crippen molar-refractivity contribution in [2.45, 2.75) is 26.8 Å². The molecule has 0 radical (unpaired) electrons. The third kappa shape index (κ3) is 2.40. The van der Waals surface area contributed by atoms with E-state index in [9.17, 15) is 0 Å². The molecule has 0 spiro atoms. The second kappa shape index (κ2) is 5.63. The van der Waals surface area contributed by atoms with Crippen LogP contribution in [0.25, 0.3) is 11.0 Å². The summed E-state index contributed by atoms with van der Waals surface area (Å²) in [5, 5.41) is 8.44. The van der Waals surface area contributed by atoms with Crippen molar-refractivity contribution >= 4 is 22.6 Å². The molecule has 1 aromatic carbocycles. The summed E-state index contributed by atoms with van der Waals surface area (Å²) in [5.74, 6) is 0.756. The van der Waals surface area contributed by atoms with Crippen molar-refractivity contribution in [1.82, 2.24) is 20.0 Å². The van der Waals surface area contributed by atoms with Gasteiger partial charge in [-0.25, -0.2) is 9.67 Å². The minimum atomic E-state index is 0.264. The lowest BCUT2D eigenvalue weighted by atomic mass is 10.1. The number of fused-ring (bicyclic) bond motifs is 1. The first kappa shape index (κ1) is 14.7. The summed E-state index contributed by atoms with van der Waals surface area (Å²) in [6.45, 7) is 6.82. The number of pyridine rings is 1. The van der Waals surface area contributed by atoms with Crippen molar-refractivity contribution in [3.05, 3.63) is 53.3 Å². The maximum atomic E-state index is 4.73. The Morgan fingerprint density at radius 2 is 2.04 bits per heavy atom. The second-order valence-corrected chi connectivity index (χ2v) is 6.22. The van der Waals surface area contributed by atoms with Crippen LogP contribution >= 0.6 is 0 Å². The van der Waals surface area contributed by atoms with E-state index < -0.39 is 0 Å².